The third-order valence-electron chi connectivity index (χ3n) is 9.70. The molecule has 2 fully saturated rings. The lowest BCUT2D eigenvalue weighted by atomic mass is 9.85. The molecule has 11 nitrogen and oxygen atoms in total. The van der Waals surface area contributed by atoms with Crippen molar-refractivity contribution in [1.29, 1.82) is 5.26 Å². The molecule has 7 rings (SSSR count). The number of nitriles is 1. The van der Waals surface area contributed by atoms with Gasteiger partial charge in [-0.25, -0.2) is 23.4 Å². The highest BCUT2D eigenvalue weighted by Crippen LogP contribution is 2.51. The monoisotopic (exact) mass is 735 g/mol. The first kappa shape index (κ1) is 35.6. The van der Waals surface area contributed by atoms with Crippen molar-refractivity contribution >= 4 is 55.7 Å². The molecule has 4 aliphatic rings. The number of hydrogen-bond donors (Lipinski definition) is 2. The average Bonchev–Trinajstić information content (AvgIpc) is 3.51. The highest BCUT2D eigenvalue weighted by molar-refractivity contribution is 7.23. The second kappa shape index (κ2) is 11.8. The van der Waals surface area contributed by atoms with Crippen LogP contribution in [0.3, 0.4) is 0 Å². The van der Waals surface area contributed by atoms with Crippen LogP contribution in [0.4, 0.5) is 33.4 Å². The minimum atomic E-state index is -2.43. The van der Waals surface area contributed by atoms with Gasteiger partial charge in [0, 0.05) is 24.4 Å². The molecule has 2 aromatic heterocycles. The van der Waals surface area contributed by atoms with Crippen LogP contribution in [0, 0.1) is 29.9 Å². The SMILES string of the molecule is C=C1C[C@@H]2[C@@H]3CC[C@H](CN2C2=NC(C)(F)Nc4c(F)c(-c5ncc(F)c6sc(NC(=O)OC(C)(C)C)c(C#N)c56)c(C)c1c42)N3C(=O)OC(C)(C)C. The van der Waals surface area contributed by atoms with Crippen molar-refractivity contribution in [2.45, 2.75) is 110 Å². The minimum absolute atomic E-state index is 0.00354. The van der Waals surface area contributed by atoms with Crippen LogP contribution in [0.1, 0.15) is 90.0 Å². The number of aliphatic imine (C=N–C) groups is 1. The largest absolute Gasteiger partial charge is 0.444 e. The zero-order valence-electron chi connectivity index (χ0n) is 30.3. The predicted molar refractivity (Wildman–Crippen MR) is 193 cm³/mol. The van der Waals surface area contributed by atoms with E-state index in [-0.39, 0.29) is 61.6 Å². The third kappa shape index (κ3) is 5.81. The van der Waals surface area contributed by atoms with Crippen molar-refractivity contribution in [3.8, 4) is 17.3 Å². The van der Waals surface area contributed by atoms with E-state index in [1.807, 2.05) is 31.7 Å². The lowest BCUT2D eigenvalue weighted by molar-refractivity contribution is -0.00838. The van der Waals surface area contributed by atoms with Gasteiger partial charge >= 0.3 is 12.2 Å². The Bertz CT molecular complexity index is 2160. The summed E-state index contributed by atoms with van der Waals surface area (Å²) in [6.45, 7) is 18.1. The topological polar surface area (TPSA) is 132 Å². The number of amides is 2. The van der Waals surface area contributed by atoms with E-state index in [4.69, 9.17) is 9.47 Å². The van der Waals surface area contributed by atoms with Crippen LogP contribution < -0.4 is 10.6 Å². The van der Waals surface area contributed by atoms with Gasteiger partial charge in [0.1, 0.15) is 28.1 Å². The van der Waals surface area contributed by atoms with Crippen LogP contribution in [0.15, 0.2) is 17.8 Å². The molecule has 15 heteroatoms. The standard InChI is InChI=1S/C37H40F3N7O4S/c1-16-12-22-21-11-10-18(47(21)34(49)51-36(6,7)8)15-46(22)31-26-23(16)17(2)24(27(39)29(26)44-37(9,40)45-31)28-25-19(13-41)32(43-33(48)50-35(3,4)5)52-30(25)20(38)14-42-28/h14,18,21-22,44H,1,10-12,15H2,2-9H3,(H,43,48)/t18-,21+,22-,37?/m1/s1. The molecular weight excluding hydrogens is 696 g/mol. The molecule has 0 spiro atoms. The Morgan fingerprint density at radius 3 is 2.46 bits per heavy atom. The van der Waals surface area contributed by atoms with Gasteiger partial charge in [0.15, 0.2) is 11.6 Å². The molecule has 3 aromatic rings. The number of piperazine rings is 1. The van der Waals surface area contributed by atoms with E-state index in [0.717, 1.165) is 17.5 Å². The van der Waals surface area contributed by atoms with Gasteiger partial charge in [-0.1, -0.05) is 6.58 Å². The summed E-state index contributed by atoms with van der Waals surface area (Å²) in [5.74, 6) is -3.82. The van der Waals surface area contributed by atoms with E-state index >= 15 is 13.2 Å². The van der Waals surface area contributed by atoms with Crippen molar-refractivity contribution in [3.05, 3.63) is 46.7 Å². The van der Waals surface area contributed by atoms with E-state index in [1.54, 1.807) is 32.6 Å². The van der Waals surface area contributed by atoms with Gasteiger partial charge < -0.3 is 19.7 Å². The molecule has 4 aliphatic heterocycles. The Hall–Kier alpha value is -4.84. The molecule has 0 radical (unpaired) electrons. The number of fused-ring (bicyclic) bond motifs is 6. The Morgan fingerprint density at radius 2 is 1.81 bits per heavy atom. The van der Waals surface area contributed by atoms with E-state index in [0.29, 0.717) is 48.1 Å². The fourth-order valence-corrected chi connectivity index (χ4v) is 8.99. The van der Waals surface area contributed by atoms with Gasteiger partial charge in [-0.3, -0.25) is 15.2 Å². The number of pyridine rings is 1. The fourth-order valence-electron chi connectivity index (χ4n) is 7.95. The van der Waals surface area contributed by atoms with Crippen LogP contribution >= 0.6 is 11.3 Å². The van der Waals surface area contributed by atoms with Gasteiger partial charge in [0.05, 0.1) is 51.5 Å². The number of carbonyl (C=O) groups excluding carboxylic acids is 2. The highest BCUT2D eigenvalue weighted by atomic mass is 32.1. The number of carbonyl (C=O) groups is 2. The molecule has 2 N–H and O–H groups in total. The zero-order chi connectivity index (χ0) is 37.8. The number of anilines is 2. The van der Waals surface area contributed by atoms with Crippen LogP contribution in [0.25, 0.3) is 26.9 Å². The summed E-state index contributed by atoms with van der Waals surface area (Å²) in [4.78, 5) is 38.8. The summed E-state index contributed by atoms with van der Waals surface area (Å²) in [6.07, 6.45) is 1.40. The number of hydrogen-bond acceptors (Lipinski definition) is 10. The predicted octanol–water partition coefficient (Wildman–Crippen LogP) is 8.45. The van der Waals surface area contributed by atoms with E-state index in [1.165, 1.54) is 6.92 Å². The normalized spacial score (nSPS) is 23.6. The number of amidine groups is 1. The number of alkyl halides is 1. The molecule has 274 valence electrons. The van der Waals surface area contributed by atoms with Crippen molar-refractivity contribution in [2.24, 2.45) is 4.99 Å². The number of ether oxygens (including phenoxy) is 2. The lowest BCUT2D eigenvalue weighted by Crippen LogP contribution is -2.63. The number of nitrogens with zero attached hydrogens (tertiary/aromatic N) is 5. The van der Waals surface area contributed by atoms with Gasteiger partial charge in [-0.05, 0) is 84.4 Å². The molecule has 0 saturated carbocycles. The van der Waals surface area contributed by atoms with Gasteiger partial charge in [-0.15, -0.1) is 11.3 Å². The molecule has 6 heterocycles. The van der Waals surface area contributed by atoms with Crippen molar-refractivity contribution in [1.82, 2.24) is 14.8 Å². The van der Waals surface area contributed by atoms with Crippen LogP contribution in [-0.2, 0) is 9.47 Å². The Labute approximate surface area is 303 Å². The maximum atomic E-state index is 17.3. The Balaban J connectivity index is 1.40. The molecule has 52 heavy (non-hydrogen) atoms. The Morgan fingerprint density at radius 1 is 1.12 bits per heavy atom. The minimum Gasteiger partial charge on any atom is -0.444 e. The number of rotatable bonds is 2. The first-order valence-electron chi connectivity index (χ1n) is 17.1. The summed E-state index contributed by atoms with van der Waals surface area (Å²) in [5, 5.41) is 15.5. The number of halogens is 3. The Kier molecular flexibility index (Phi) is 8.10. The summed E-state index contributed by atoms with van der Waals surface area (Å²) in [6, 6.07) is 1.14. The molecule has 4 atom stereocenters. The molecule has 2 bridgehead atoms. The summed E-state index contributed by atoms with van der Waals surface area (Å²) < 4.78 is 60.1. The molecule has 1 aromatic carbocycles. The third-order valence-corrected chi connectivity index (χ3v) is 10.8. The number of benzene rings is 1. The van der Waals surface area contributed by atoms with Gasteiger partial charge in [0.25, 0.3) is 5.92 Å². The highest BCUT2D eigenvalue weighted by Gasteiger charge is 2.53. The maximum Gasteiger partial charge on any atom is 0.412 e. The van der Waals surface area contributed by atoms with Crippen LogP contribution in [-0.4, -0.2) is 74.6 Å². The second-order valence-corrected chi connectivity index (χ2v) is 16.9. The zero-order valence-corrected chi connectivity index (χ0v) is 31.1. The van der Waals surface area contributed by atoms with Crippen LogP contribution in [0.5, 0.6) is 0 Å². The second-order valence-electron chi connectivity index (χ2n) is 15.9. The molecule has 2 amide bonds. The van der Waals surface area contributed by atoms with E-state index < -0.39 is 40.9 Å². The molecule has 0 aliphatic carbocycles. The van der Waals surface area contributed by atoms with Crippen molar-refractivity contribution < 1.29 is 32.2 Å². The first-order valence-corrected chi connectivity index (χ1v) is 17.9. The number of nitrogens with one attached hydrogen (secondary N) is 2. The average molecular weight is 736 g/mol. The van der Waals surface area contributed by atoms with Gasteiger partial charge in [-0.2, -0.15) is 9.65 Å². The van der Waals surface area contributed by atoms with E-state index in [9.17, 15) is 14.9 Å². The summed E-state index contributed by atoms with van der Waals surface area (Å²) in [5.41, 5.74) is -0.165. The van der Waals surface area contributed by atoms with Crippen molar-refractivity contribution in [3.63, 3.8) is 0 Å². The van der Waals surface area contributed by atoms with E-state index in [2.05, 4.69) is 27.2 Å². The van der Waals surface area contributed by atoms with Gasteiger partial charge in [0.2, 0.25) is 0 Å². The first-order chi connectivity index (χ1) is 24.2. The maximum absolute atomic E-state index is 17.3. The number of thiophene rings is 1. The quantitative estimate of drug-likeness (QED) is 0.251. The fraction of sp³-hybridized carbons (Fsp3) is 0.486. The lowest BCUT2D eigenvalue weighted by Gasteiger charge is -2.48. The number of aromatic nitrogens is 1. The molecular formula is C37H40F3N7O4S. The van der Waals surface area contributed by atoms with Crippen LogP contribution in [0.2, 0.25) is 0 Å². The summed E-state index contributed by atoms with van der Waals surface area (Å²) >= 11 is 0.797. The molecule has 2 saturated heterocycles. The molecule has 1 unspecified atom stereocenters. The smallest absolute Gasteiger partial charge is 0.412 e. The van der Waals surface area contributed by atoms with Crippen molar-refractivity contribution in [2.75, 3.05) is 17.2 Å². The summed E-state index contributed by atoms with van der Waals surface area (Å²) in [7, 11) is 0.